The maximum atomic E-state index is 13.0. The molecular weight excluding hydrogens is 361 g/mol. The van der Waals surface area contributed by atoms with Gasteiger partial charge in [0.05, 0.1) is 5.56 Å². The van der Waals surface area contributed by atoms with Crippen molar-refractivity contribution in [2.24, 2.45) is 5.41 Å². The van der Waals surface area contributed by atoms with Crippen LogP contribution in [0.15, 0.2) is 23.8 Å². The number of piperazine rings is 1. The Balaban J connectivity index is 1.95. The van der Waals surface area contributed by atoms with Crippen LogP contribution < -0.4 is 5.32 Å². The van der Waals surface area contributed by atoms with E-state index >= 15 is 0 Å². The Morgan fingerprint density at radius 1 is 1.19 bits per heavy atom. The molecule has 0 saturated carbocycles. The monoisotopic (exact) mass is 386 g/mol. The zero-order valence-electron chi connectivity index (χ0n) is 15.3. The van der Waals surface area contributed by atoms with Crippen LogP contribution in [-0.2, 0) is 6.18 Å². The minimum Gasteiger partial charge on any atom is -0.314 e. The highest BCUT2D eigenvalue weighted by atomic mass is 35.5. The highest BCUT2D eigenvalue weighted by Gasteiger charge is 2.33. The smallest absolute Gasteiger partial charge is 0.314 e. The molecule has 1 N–H and O–H groups in total. The van der Waals surface area contributed by atoms with Crippen LogP contribution in [0.4, 0.5) is 13.2 Å². The largest absolute Gasteiger partial charge is 0.416 e. The molecule has 2 aliphatic rings. The fourth-order valence-corrected chi connectivity index (χ4v) is 4.16. The molecule has 26 heavy (non-hydrogen) atoms. The normalized spacial score (nSPS) is 21.9. The molecule has 3 rings (SSSR count). The van der Waals surface area contributed by atoms with Crippen molar-refractivity contribution in [1.82, 2.24) is 10.2 Å². The van der Waals surface area contributed by atoms with Crippen molar-refractivity contribution in [3.05, 3.63) is 39.9 Å². The SMILES string of the molecule is CC1(C)CCC(CN2CCNCC2)=C(c2ccc(C(F)(F)F)cc2Cl)C1. The van der Waals surface area contributed by atoms with Gasteiger partial charge in [0.2, 0.25) is 0 Å². The summed E-state index contributed by atoms with van der Waals surface area (Å²) in [6.07, 6.45) is -1.45. The molecule has 1 aromatic carbocycles. The van der Waals surface area contributed by atoms with Gasteiger partial charge in [0, 0.05) is 37.7 Å². The third-order valence-electron chi connectivity index (χ3n) is 5.43. The Labute approximate surface area is 158 Å². The summed E-state index contributed by atoms with van der Waals surface area (Å²) in [4.78, 5) is 2.42. The molecular formula is C20H26ClF3N2. The molecule has 0 unspecified atom stereocenters. The first-order valence-electron chi connectivity index (χ1n) is 9.17. The maximum Gasteiger partial charge on any atom is 0.416 e. The van der Waals surface area contributed by atoms with E-state index in [0.717, 1.165) is 75.3 Å². The van der Waals surface area contributed by atoms with Gasteiger partial charge in [-0.1, -0.05) is 37.1 Å². The molecule has 2 nitrogen and oxygen atoms in total. The number of benzene rings is 1. The van der Waals surface area contributed by atoms with Crippen LogP contribution >= 0.6 is 11.6 Å². The molecule has 144 valence electrons. The minimum atomic E-state index is -4.37. The summed E-state index contributed by atoms with van der Waals surface area (Å²) < 4.78 is 38.9. The minimum absolute atomic E-state index is 0.133. The molecule has 1 heterocycles. The zero-order valence-corrected chi connectivity index (χ0v) is 16.1. The Morgan fingerprint density at radius 3 is 2.50 bits per heavy atom. The van der Waals surface area contributed by atoms with Gasteiger partial charge in [0.1, 0.15) is 0 Å². The number of hydrogen-bond acceptors (Lipinski definition) is 2. The molecule has 0 amide bonds. The van der Waals surface area contributed by atoms with Crippen molar-refractivity contribution in [1.29, 1.82) is 0 Å². The van der Waals surface area contributed by atoms with Gasteiger partial charge >= 0.3 is 6.18 Å². The molecule has 1 aliphatic carbocycles. The number of allylic oxidation sites excluding steroid dienone is 1. The summed E-state index contributed by atoms with van der Waals surface area (Å²) in [6.45, 7) is 9.27. The molecule has 1 aliphatic heterocycles. The summed E-state index contributed by atoms with van der Waals surface area (Å²) in [5, 5.41) is 3.55. The van der Waals surface area contributed by atoms with E-state index in [-0.39, 0.29) is 10.4 Å². The highest BCUT2D eigenvalue weighted by molar-refractivity contribution is 6.32. The maximum absolute atomic E-state index is 13.0. The van der Waals surface area contributed by atoms with Gasteiger partial charge in [-0.25, -0.2) is 0 Å². The lowest BCUT2D eigenvalue weighted by atomic mass is 9.72. The second-order valence-electron chi connectivity index (χ2n) is 8.14. The third-order valence-corrected chi connectivity index (χ3v) is 5.74. The van der Waals surface area contributed by atoms with Crippen molar-refractivity contribution in [2.75, 3.05) is 32.7 Å². The third kappa shape index (κ3) is 4.62. The van der Waals surface area contributed by atoms with E-state index in [1.54, 1.807) is 6.07 Å². The summed E-state index contributed by atoms with van der Waals surface area (Å²) in [7, 11) is 0. The van der Waals surface area contributed by atoms with Gasteiger partial charge in [0.15, 0.2) is 0 Å². The van der Waals surface area contributed by atoms with Gasteiger partial charge in [0.25, 0.3) is 0 Å². The Kier molecular flexibility index (Phi) is 5.71. The Hall–Kier alpha value is -1.04. The number of nitrogens with zero attached hydrogens (tertiary/aromatic N) is 1. The van der Waals surface area contributed by atoms with Crippen molar-refractivity contribution in [3.63, 3.8) is 0 Å². The van der Waals surface area contributed by atoms with Crippen LogP contribution in [0.5, 0.6) is 0 Å². The van der Waals surface area contributed by atoms with Gasteiger partial charge in [-0.2, -0.15) is 13.2 Å². The van der Waals surface area contributed by atoms with Crippen LogP contribution in [-0.4, -0.2) is 37.6 Å². The average molecular weight is 387 g/mol. The average Bonchev–Trinajstić information content (AvgIpc) is 2.56. The van der Waals surface area contributed by atoms with Crippen LogP contribution in [0, 0.1) is 5.41 Å². The number of hydrogen-bond donors (Lipinski definition) is 1. The lowest BCUT2D eigenvalue weighted by Gasteiger charge is -2.36. The van der Waals surface area contributed by atoms with Gasteiger partial charge in [-0.15, -0.1) is 0 Å². The standard InChI is InChI=1S/C20H26ClF3N2/c1-19(2)6-5-14(13-26-9-7-25-8-10-26)17(12-19)16-4-3-15(11-18(16)21)20(22,23)24/h3-4,11,25H,5-10,12-13H2,1-2H3. The molecule has 6 heteroatoms. The fourth-order valence-electron chi connectivity index (χ4n) is 3.87. The van der Waals surface area contributed by atoms with E-state index in [4.69, 9.17) is 11.6 Å². The molecule has 0 atom stereocenters. The van der Waals surface area contributed by atoms with Crippen molar-refractivity contribution in [2.45, 2.75) is 39.3 Å². The molecule has 1 aromatic rings. The second kappa shape index (κ2) is 7.53. The lowest BCUT2D eigenvalue weighted by molar-refractivity contribution is -0.137. The van der Waals surface area contributed by atoms with E-state index in [1.807, 2.05) is 0 Å². The second-order valence-corrected chi connectivity index (χ2v) is 8.55. The first-order valence-corrected chi connectivity index (χ1v) is 9.55. The lowest BCUT2D eigenvalue weighted by Crippen LogP contribution is -2.44. The van der Waals surface area contributed by atoms with E-state index in [1.165, 1.54) is 5.57 Å². The van der Waals surface area contributed by atoms with Crippen LogP contribution in [0.2, 0.25) is 5.02 Å². The van der Waals surface area contributed by atoms with Crippen molar-refractivity contribution < 1.29 is 13.2 Å². The summed E-state index contributed by atoms with van der Waals surface area (Å²) in [5.41, 5.74) is 2.67. The topological polar surface area (TPSA) is 15.3 Å². The van der Waals surface area contributed by atoms with Gasteiger partial charge in [-0.05, 0) is 47.9 Å². The first-order chi connectivity index (χ1) is 12.2. The first kappa shape index (κ1) is 19.7. The summed E-state index contributed by atoms with van der Waals surface area (Å²) in [6, 6.07) is 3.77. The molecule has 1 saturated heterocycles. The van der Waals surface area contributed by atoms with Crippen LogP contribution in [0.1, 0.15) is 44.2 Å². The van der Waals surface area contributed by atoms with E-state index in [0.29, 0.717) is 0 Å². The predicted octanol–water partition coefficient (Wildman–Crippen LogP) is 5.23. The highest BCUT2D eigenvalue weighted by Crippen LogP contribution is 2.45. The summed E-state index contributed by atoms with van der Waals surface area (Å²) in [5.74, 6) is 0. The van der Waals surface area contributed by atoms with E-state index < -0.39 is 11.7 Å². The quantitative estimate of drug-likeness (QED) is 0.765. The Bertz CT molecular complexity index is 689. The van der Waals surface area contributed by atoms with E-state index in [2.05, 4.69) is 24.1 Å². The van der Waals surface area contributed by atoms with Gasteiger partial charge in [-0.3, -0.25) is 4.90 Å². The number of rotatable bonds is 3. The predicted molar refractivity (Wildman–Crippen MR) is 100 cm³/mol. The molecule has 0 radical (unpaired) electrons. The fraction of sp³-hybridized carbons (Fsp3) is 0.600. The van der Waals surface area contributed by atoms with E-state index in [9.17, 15) is 13.2 Å². The number of alkyl halides is 3. The van der Waals surface area contributed by atoms with Crippen molar-refractivity contribution in [3.8, 4) is 0 Å². The molecule has 0 aromatic heterocycles. The van der Waals surface area contributed by atoms with Crippen molar-refractivity contribution >= 4 is 17.2 Å². The molecule has 0 bridgehead atoms. The molecule has 1 fully saturated rings. The van der Waals surface area contributed by atoms with Gasteiger partial charge < -0.3 is 5.32 Å². The Morgan fingerprint density at radius 2 is 1.88 bits per heavy atom. The zero-order chi connectivity index (χ0) is 18.9. The summed E-state index contributed by atoms with van der Waals surface area (Å²) >= 11 is 6.31. The number of nitrogens with one attached hydrogen (secondary N) is 1. The van der Waals surface area contributed by atoms with Crippen LogP contribution in [0.3, 0.4) is 0 Å². The van der Waals surface area contributed by atoms with Crippen LogP contribution in [0.25, 0.3) is 5.57 Å². The number of halogens is 4. The molecule has 0 spiro atoms.